The van der Waals surface area contributed by atoms with Gasteiger partial charge in [0.1, 0.15) is 29.8 Å². The molecule has 0 saturated carbocycles. The van der Waals surface area contributed by atoms with E-state index in [9.17, 15) is 14.4 Å². The summed E-state index contributed by atoms with van der Waals surface area (Å²) in [5.41, 5.74) is 1.52. The number of carbonyl (C=O) groups is 1. The highest BCUT2D eigenvalue weighted by molar-refractivity contribution is 14.1. The Balaban J connectivity index is 2.21. The van der Waals surface area contributed by atoms with E-state index in [0.29, 0.717) is 5.75 Å². The molecule has 0 atom stereocenters. The number of ether oxygens (including phenoxy) is 1. The van der Waals surface area contributed by atoms with Crippen molar-refractivity contribution >= 4 is 57.2 Å². The van der Waals surface area contributed by atoms with Crippen LogP contribution in [0, 0.1) is 24.3 Å². The Morgan fingerprint density at radius 3 is 2.52 bits per heavy atom. The molecular formula is C20H17FI2N2O2. The van der Waals surface area contributed by atoms with Crippen LogP contribution < -0.4 is 10.1 Å². The third-order valence-corrected chi connectivity index (χ3v) is 4.99. The van der Waals surface area contributed by atoms with Gasteiger partial charge in [0, 0.05) is 6.04 Å². The quantitative estimate of drug-likeness (QED) is 0.292. The standard InChI is InChI=1S/C20H17FI2N2O2/c1-12(2)25-20(26)15(10-24)6-14-8-17(22)19(18(23)9-14)27-11-13-4-3-5-16(21)7-13/h3-9,12H,11H2,1-2H3,(H,25,26)/b15-6-. The number of carbonyl (C=O) groups excluding carboxylic acids is 1. The molecule has 0 aliphatic carbocycles. The minimum absolute atomic E-state index is 0.0451. The Labute approximate surface area is 185 Å². The van der Waals surface area contributed by atoms with Crippen LogP contribution in [-0.2, 0) is 11.4 Å². The number of hydrogen-bond acceptors (Lipinski definition) is 3. The highest BCUT2D eigenvalue weighted by Gasteiger charge is 2.13. The lowest BCUT2D eigenvalue weighted by Crippen LogP contribution is -2.30. The minimum Gasteiger partial charge on any atom is -0.487 e. The zero-order valence-electron chi connectivity index (χ0n) is 14.7. The lowest BCUT2D eigenvalue weighted by atomic mass is 10.1. The minimum atomic E-state index is -0.399. The first kappa shape index (κ1) is 21.6. The van der Waals surface area contributed by atoms with Gasteiger partial charge in [-0.05, 0) is 100 Å². The lowest BCUT2D eigenvalue weighted by Gasteiger charge is -2.12. The molecule has 0 unspecified atom stereocenters. The number of benzene rings is 2. The fourth-order valence-electron chi connectivity index (χ4n) is 2.24. The zero-order chi connectivity index (χ0) is 20.0. The van der Waals surface area contributed by atoms with Gasteiger partial charge in [-0.1, -0.05) is 12.1 Å². The molecule has 140 valence electrons. The second-order valence-electron chi connectivity index (χ2n) is 6.03. The third-order valence-electron chi connectivity index (χ3n) is 3.39. The molecule has 1 N–H and O–H groups in total. The Morgan fingerprint density at radius 2 is 1.96 bits per heavy atom. The summed E-state index contributed by atoms with van der Waals surface area (Å²) < 4.78 is 20.8. The first-order valence-electron chi connectivity index (χ1n) is 8.09. The number of halogens is 3. The van der Waals surface area contributed by atoms with Gasteiger partial charge in [-0.15, -0.1) is 0 Å². The second kappa shape index (κ2) is 10.0. The average Bonchev–Trinajstić information content (AvgIpc) is 2.58. The van der Waals surface area contributed by atoms with Crippen molar-refractivity contribution in [3.8, 4) is 11.8 Å². The van der Waals surface area contributed by atoms with Crippen molar-refractivity contribution in [2.24, 2.45) is 0 Å². The van der Waals surface area contributed by atoms with E-state index in [4.69, 9.17) is 4.74 Å². The fourth-order valence-corrected chi connectivity index (χ4v) is 4.37. The molecule has 0 heterocycles. The third kappa shape index (κ3) is 6.46. The van der Waals surface area contributed by atoms with Gasteiger partial charge >= 0.3 is 0 Å². The van der Waals surface area contributed by atoms with Crippen molar-refractivity contribution in [3.63, 3.8) is 0 Å². The van der Waals surface area contributed by atoms with E-state index < -0.39 is 5.91 Å². The molecule has 0 aliphatic heterocycles. The van der Waals surface area contributed by atoms with Gasteiger partial charge in [0.25, 0.3) is 5.91 Å². The van der Waals surface area contributed by atoms with Gasteiger partial charge < -0.3 is 10.1 Å². The van der Waals surface area contributed by atoms with Crippen molar-refractivity contribution in [3.05, 3.63) is 66.1 Å². The van der Waals surface area contributed by atoms with Gasteiger partial charge in [0.15, 0.2) is 0 Å². The maximum absolute atomic E-state index is 13.3. The van der Waals surface area contributed by atoms with Crippen molar-refractivity contribution in [2.45, 2.75) is 26.5 Å². The summed E-state index contributed by atoms with van der Waals surface area (Å²) in [6, 6.07) is 11.8. The van der Waals surface area contributed by atoms with E-state index in [2.05, 4.69) is 50.5 Å². The van der Waals surface area contributed by atoms with Crippen LogP contribution in [0.5, 0.6) is 5.75 Å². The normalized spacial score (nSPS) is 11.2. The number of amides is 1. The van der Waals surface area contributed by atoms with E-state index in [0.717, 1.165) is 18.3 Å². The summed E-state index contributed by atoms with van der Waals surface area (Å²) in [7, 11) is 0. The highest BCUT2D eigenvalue weighted by atomic mass is 127. The number of hydrogen-bond donors (Lipinski definition) is 1. The molecule has 4 nitrogen and oxygen atoms in total. The van der Waals surface area contributed by atoms with Crippen LogP contribution in [0.1, 0.15) is 25.0 Å². The maximum atomic E-state index is 13.3. The molecule has 0 fully saturated rings. The monoisotopic (exact) mass is 590 g/mol. The largest absolute Gasteiger partial charge is 0.487 e. The second-order valence-corrected chi connectivity index (χ2v) is 8.35. The van der Waals surface area contributed by atoms with Crippen LogP contribution in [0.4, 0.5) is 4.39 Å². The topological polar surface area (TPSA) is 62.1 Å². The molecule has 0 aromatic heterocycles. The zero-order valence-corrected chi connectivity index (χ0v) is 19.0. The van der Waals surface area contributed by atoms with Crippen LogP contribution in [0.2, 0.25) is 0 Å². The molecule has 1 amide bonds. The molecular weight excluding hydrogens is 573 g/mol. The molecule has 27 heavy (non-hydrogen) atoms. The predicted octanol–water partition coefficient (Wildman–Crippen LogP) is 5.05. The molecule has 2 aromatic carbocycles. The summed E-state index contributed by atoms with van der Waals surface area (Å²) in [5, 5.41) is 12.0. The Hall–Kier alpha value is -1.67. The van der Waals surface area contributed by atoms with Gasteiger partial charge in [-0.25, -0.2) is 4.39 Å². The molecule has 0 bridgehead atoms. The average molecular weight is 590 g/mol. The van der Waals surface area contributed by atoms with Gasteiger partial charge in [-0.2, -0.15) is 5.26 Å². The molecule has 0 saturated heterocycles. The van der Waals surface area contributed by atoms with E-state index in [-0.39, 0.29) is 24.0 Å². The number of rotatable bonds is 6. The van der Waals surface area contributed by atoms with E-state index in [1.54, 1.807) is 18.2 Å². The van der Waals surface area contributed by atoms with Crippen molar-refractivity contribution in [1.29, 1.82) is 5.26 Å². The summed E-state index contributed by atoms with van der Waals surface area (Å²) in [4.78, 5) is 12.1. The Morgan fingerprint density at radius 1 is 1.30 bits per heavy atom. The molecule has 2 rings (SSSR count). The summed E-state index contributed by atoms with van der Waals surface area (Å²) in [6.45, 7) is 3.92. The van der Waals surface area contributed by atoms with E-state index >= 15 is 0 Å². The smallest absolute Gasteiger partial charge is 0.262 e. The summed E-state index contributed by atoms with van der Waals surface area (Å²) in [6.07, 6.45) is 1.55. The van der Waals surface area contributed by atoms with Gasteiger partial charge in [-0.3, -0.25) is 4.79 Å². The summed E-state index contributed by atoms with van der Waals surface area (Å²) >= 11 is 4.28. The fraction of sp³-hybridized carbons (Fsp3) is 0.200. The lowest BCUT2D eigenvalue weighted by molar-refractivity contribution is -0.117. The van der Waals surface area contributed by atoms with Gasteiger partial charge in [0.2, 0.25) is 0 Å². The molecule has 7 heteroatoms. The SMILES string of the molecule is CC(C)NC(=O)/C(C#N)=C\c1cc(I)c(OCc2cccc(F)c2)c(I)c1. The molecule has 2 aromatic rings. The predicted molar refractivity (Wildman–Crippen MR) is 119 cm³/mol. The van der Waals surface area contributed by atoms with Crippen LogP contribution in [0.15, 0.2) is 42.0 Å². The Kier molecular flexibility index (Phi) is 8.04. The van der Waals surface area contributed by atoms with Crippen LogP contribution in [0.25, 0.3) is 6.08 Å². The van der Waals surface area contributed by atoms with E-state index in [1.807, 2.05) is 32.0 Å². The van der Waals surface area contributed by atoms with E-state index in [1.165, 1.54) is 12.1 Å². The molecule has 0 aliphatic rings. The van der Waals surface area contributed by atoms with Crippen molar-refractivity contribution < 1.29 is 13.9 Å². The maximum Gasteiger partial charge on any atom is 0.262 e. The number of nitrogens with one attached hydrogen (secondary N) is 1. The number of nitriles is 1. The van der Waals surface area contributed by atoms with Crippen LogP contribution in [0.3, 0.4) is 0 Å². The van der Waals surface area contributed by atoms with Crippen molar-refractivity contribution in [1.82, 2.24) is 5.32 Å². The first-order valence-corrected chi connectivity index (χ1v) is 10.2. The number of nitrogens with zero attached hydrogens (tertiary/aromatic N) is 1. The van der Waals surface area contributed by atoms with Crippen LogP contribution >= 0.6 is 45.2 Å². The highest BCUT2D eigenvalue weighted by Crippen LogP contribution is 2.30. The summed E-state index contributed by atoms with van der Waals surface area (Å²) in [5.74, 6) is -0.0172. The van der Waals surface area contributed by atoms with Crippen molar-refractivity contribution in [2.75, 3.05) is 0 Å². The molecule has 0 spiro atoms. The van der Waals surface area contributed by atoms with Gasteiger partial charge in [0.05, 0.1) is 7.14 Å². The van der Waals surface area contributed by atoms with Crippen LogP contribution in [-0.4, -0.2) is 11.9 Å². The Bertz CT molecular complexity index is 897. The first-order chi connectivity index (χ1) is 12.8. The molecule has 0 radical (unpaired) electrons.